The lowest BCUT2D eigenvalue weighted by atomic mass is 9.85. The predicted molar refractivity (Wildman–Crippen MR) is 67.3 cm³/mol. The SMILES string of the molecule is O=C(O[C@@H]1C=C[C@@H]2COC(=O)[C@@H]2C1)c1ccccc1. The molecule has 0 radical (unpaired) electrons. The fourth-order valence-corrected chi connectivity index (χ4v) is 2.50. The maximum atomic E-state index is 11.9. The molecule has 1 fully saturated rings. The standard InChI is InChI=1S/C15H14O4/c16-14(10-4-2-1-3-5-10)19-12-7-6-11-9-18-15(17)13(11)8-12/h1-7,11-13H,8-9H2/t11-,12-,13-/m1/s1. The van der Waals surface area contributed by atoms with Gasteiger partial charge in [-0.1, -0.05) is 24.3 Å². The number of fused-ring (bicyclic) bond motifs is 1. The molecule has 0 amide bonds. The highest BCUT2D eigenvalue weighted by molar-refractivity contribution is 5.89. The molecular formula is C15H14O4. The average Bonchev–Trinajstić information content (AvgIpc) is 2.81. The molecule has 0 aromatic heterocycles. The molecule has 0 unspecified atom stereocenters. The second-order valence-electron chi connectivity index (χ2n) is 4.83. The number of hydrogen-bond donors (Lipinski definition) is 0. The number of cyclic esters (lactones) is 1. The smallest absolute Gasteiger partial charge is 0.338 e. The van der Waals surface area contributed by atoms with Crippen LogP contribution in [0.2, 0.25) is 0 Å². The van der Waals surface area contributed by atoms with Crippen LogP contribution in [-0.4, -0.2) is 24.6 Å². The van der Waals surface area contributed by atoms with Gasteiger partial charge in [-0.25, -0.2) is 4.79 Å². The zero-order valence-corrected chi connectivity index (χ0v) is 10.3. The van der Waals surface area contributed by atoms with E-state index in [1.54, 1.807) is 24.3 Å². The van der Waals surface area contributed by atoms with Crippen molar-refractivity contribution in [2.45, 2.75) is 12.5 Å². The molecule has 1 aliphatic carbocycles. The van der Waals surface area contributed by atoms with Crippen LogP contribution in [0.3, 0.4) is 0 Å². The molecule has 4 nitrogen and oxygen atoms in total. The first-order valence-corrected chi connectivity index (χ1v) is 6.35. The Balaban J connectivity index is 1.67. The molecule has 4 heteroatoms. The maximum absolute atomic E-state index is 11.9. The number of esters is 2. The highest BCUT2D eigenvalue weighted by atomic mass is 16.5. The lowest BCUT2D eigenvalue weighted by Gasteiger charge is -2.23. The summed E-state index contributed by atoms with van der Waals surface area (Å²) in [6.45, 7) is 0.444. The monoisotopic (exact) mass is 258 g/mol. The van der Waals surface area contributed by atoms with Gasteiger partial charge in [0.05, 0.1) is 18.1 Å². The van der Waals surface area contributed by atoms with E-state index in [9.17, 15) is 9.59 Å². The molecule has 3 atom stereocenters. The Labute approximate surface area is 111 Å². The molecule has 98 valence electrons. The highest BCUT2D eigenvalue weighted by Gasteiger charge is 2.39. The summed E-state index contributed by atoms with van der Waals surface area (Å²) in [6, 6.07) is 8.84. The summed E-state index contributed by atoms with van der Waals surface area (Å²) in [5, 5.41) is 0. The van der Waals surface area contributed by atoms with Crippen LogP contribution in [0.5, 0.6) is 0 Å². The topological polar surface area (TPSA) is 52.6 Å². The fourth-order valence-electron chi connectivity index (χ4n) is 2.50. The minimum Gasteiger partial charge on any atom is -0.465 e. The van der Waals surface area contributed by atoms with E-state index < -0.39 is 0 Å². The predicted octanol–water partition coefficient (Wildman–Crippen LogP) is 1.96. The Morgan fingerprint density at radius 3 is 2.79 bits per heavy atom. The first-order valence-electron chi connectivity index (χ1n) is 6.35. The van der Waals surface area contributed by atoms with Crippen LogP contribution in [0, 0.1) is 11.8 Å². The Morgan fingerprint density at radius 1 is 1.21 bits per heavy atom. The molecule has 2 aliphatic rings. The Morgan fingerprint density at radius 2 is 2.00 bits per heavy atom. The van der Waals surface area contributed by atoms with Gasteiger partial charge < -0.3 is 9.47 Å². The maximum Gasteiger partial charge on any atom is 0.338 e. The summed E-state index contributed by atoms with van der Waals surface area (Å²) in [5.74, 6) is -0.576. The normalized spacial score (nSPS) is 28.6. The number of hydrogen-bond acceptors (Lipinski definition) is 4. The molecule has 0 spiro atoms. The number of carbonyl (C=O) groups excluding carboxylic acids is 2. The van der Waals surface area contributed by atoms with Crippen LogP contribution >= 0.6 is 0 Å². The molecule has 1 aliphatic heterocycles. The lowest BCUT2D eigenvalue weighted by molar-refractivity contribution is -0.142. The minimum atomic E-state index is -0.361. The van der Waals surface area contributed by atoms with E-state index in [2.05, 4.69) is 0 Å². The van der Waals surface area contributed by atoms with Crippen LogP contribution in [0.25, 0.3) is 0 Å². The zero-order valence-electron chi connectivity index (χ0n) is 10.3. The molecule has 1 heterocycles. The second kappa shape index (κ2) is 4.88. The quantitative estimate of drug-likeness (QED) is 0.601. The number of benzene rings is 1. The number of ether oxygens (including phenoxy) is 2. The molecule has 0 N–H and O–H groups in total. The van der Waals surface area contributed by atoms with Crippen molar-refractivity contribution in [3.8, 4) is 0 Å². The number of carbonyl (C=O) groups is 2. The van der Waals surface area contributed by atoms with Gasteiger partial charge in [-0.2, -0.15) is 0 Å². The van der Waals surface area contributed by atoms with E-state index in [1.165, 1.54) is 0 Å². The Hall–Kier alpha value is -2.10. The molecule has 1 saturated heterocycles. The summed E-state index contributed by atoms with van der Waals surface area (Å²) in [5.41, 5.74) is 0.520. The van der Waals surface area contributed by atoms with Crippen LogP contribution < -0.4 is 0 Å². The minimum absolute atomic E-state index is 0.138. The third kappa shape index (κ3) is 2.38. The van der Waals surface area contributed by atoms with Gasteiger partial charge in [0.25, 0.3) is 0 Å². The zero-order chi connectivity index (χ0) is 13.2. The third-order valence-corrected chi connectivity index (χ3v) is 3.56. The lowest BCUT2D eigenvalue weighted by Crippen LogP contribution is -2.28. The van der Waals surface area contributed by atoms with Crippen molar-refractivity contribution in [1.29, 1.82) is 0 Å². The van der Waals surface area contributed by atoms with Crippen molar-refractivity contribution in [2.24, 2.45) is 11.8 Å². The summed E-state index contributed by atoms with van der Waals surface area (Å²) in [7, 11) is 0. The van der Waals surface area contributed by atoms with Crippen LogP contribution in [0.1, 0.15) is 16.8 Å². The fraction of sp³-hybridized carbons (Fsp3) is 0.333. The van der Waals surface area contributed by atoms with Crippen molar-refractivity contribution in [3.05, 3.63) is 48.0 Å². The summed E-state index contributed by atoms with van der Waals surface area (Å²) in [6.07, 6.45) is 3.93. The third-order valence-electron chi connectivity index (χ3n) is 3.56. The van der Waals surface area contributed by atoms with Gasteiger partial charge in [0, 0.05) is 12.3 Å². The van der Waals surface area contributed by atoms with Crippen molar-refractivity contribution < 1.29 is 19.1 Å². The largest absolute Gasteiger partial charge is 0.465 e. The van der Waals surface area contributed by atoms with Crippen LogP contribution in [0.15, 0.2) is 42.5 Å². The molecule has 1 aromatic carbocycles. The Kier molecular flexibility index (Phi) is 3.07. The van der Waals surface area contributed by atoms with E-state index in [4.69, 9.17) is 9.47 Å². The molecule has 0 saturated carbocycles. The van der Waals surface area contributed by atoms with E-state index >= 15 is 0 Å². The second-order valence-corrected chi connectivity index (χ2v) is 4.83. The number of rotatable bonds is 2. The Bertz CT molecular complexity index is 520. The summed E-state index contributed by atoms with van der Waals surface area (Å²) >= 11 is 0. The summed E-state index contributed by atoms with van der Waals surface area (Å²) in [4.78, 5) is 23.4. The van der Waals surface area contributed by atoms with Crippen LogP contribution in [-0.2, 0) is 14.3 Å². The molecule has 3 rings (SSSR count). The van der Waals surface area contributed by atoms with Crippen molar-refractivity contribution in [3.63, 3.8) is 0 Å². The molecule has 1 aromatic rings. The first kappa shape index (κ1) is 12.0. The molecular weight excluding hydrogens is 244 g/mol. The van der Waals surface area contributed by atoms with Gasteiger partial charge >= 0.3 is 11.9 Å². The van der Waals surface area contributed by atoms with Gasteiger partial charge in [0.15, 0.2) is 0 Å². The summed E-state index contributed by atoms with van der Waals surface area (Å²) < 4.78 is 10.4. The van der Waals surface area contributed by atoms with E-state index in [1.807, 2.05) is 18.2 Å². The van der Waals surface area contributed by atoms with Gasteiger partial charge in [0.1, 0.15) is 6.10 Å². The van der Waals surface area contributed by atoms with E-state index in [0.29, 0.717) is 18.6 Å². The molecule has 19 heavy (non-hydrogen) atoms. The first-order chi connectivity index (χ1) is 9.24. The van der Waals surface area contributed by atoms with Gasteiger partial charge in [-0.15, -0.1) is 0 Å². The molecule has 0 bridgehead atoms. The van der Waals surface area contributed by atoms with E-state index in [-0.39, 0.29) is 29.9 Å². The highest BCUT2D eigenvalue weighted by Crippen LogP contribution is 2.32. The van der Waals surface area contributed by atoms with Crippen molar-refractivity contribution in [2.75, 3.05) is 6.61 Å². The van der Waals surface area contributed by atoms with Crippen molar-refractivity contribution in [1.82, 2.24) is 0 Å². The van der Waals surface area contributed by atoms with Crippen LogP contribution in [0.4, 0.5) is 0 Å². The average molecular weight is 258 g/mol. The van der Waals surface area contributed by atoms with Crippen molar-refractivity contribution >= 4 is 11.9 Å². The van der Waals surface area contributed by atoms with Gasteiger partial charge in [-0.3, -0.25) is 4.79 Å². The van der Waals surface area contributed by atoms with Gasteiger partial charge in [-0.05, 0) is 18.2 Å². The van der Waals surface area contributed by atoms with E-state index in [0.717, 1.165) is 0 Å². The van der Waals surface area contributed by atoms with Gasteiger partial charge in [0.2, 0.25) is 0 Å².